The van der Waals surface area contributed by atoms with Crippen LogP contribution in [-0.2, 0) is 6.54 Å². The normalized spacial score (nSPS) is 17.4. The highest BCUT2D eigenvalue weighted by Gasteiger charge is 2.29. The van der Waals surface area contributed by atoms with Crippen LogP contribution < -0.4 is 5.32 Å². The van der Waals surface area contributed by atoms with E-state index in [1.165, 1.54) is 19.3 Å². The average Bonchev–Trinajstić information content (AvgIpc) is 3.31. The maximum absolute atomic E-state index is 12.4. The van der Waals surface area contributed by atoms with Gasteiger partial charge in [0, 0.05) is 23.0 Å². The molecule has 0 atom stereocenters. The van der Waals surface area contributed by atoms with Crippen LogP contribution >= 0.6 is 0 Å². The molecule has 8 heteroatoms. The van der Waals surface area contributed by atoms with Gasteiger partial charge in [-0.15, -0.1) is 0 Å². The number of hydrogen-bond acceptors (Lipinski definition) is 7. The Labute approximate surface area is 168 Å². The molecule has 8 nitrogen and oxygen atoms in total. The molecule has 5 rings (SSSR count). The van der Waals surface area contributed by atoms with Crippen LogP contribution in [0.25, 0.3) is 11.4 Å². The second kappa shape index (κ2) is 7.77. The van der Waals surface area contributed by atoms with Crippen LogP contribution in [0.2, 0.25) is 0 Å². The molecular formula is C21H23N5O3. The van der Waals surface area contributed by atoms with Crippen molar-refractivity contribution in [2.45, 2.75) is 63.3 Å². The Morgan fingerprint density at radius 2 is 1.59 bits per heavy atom. The fourth-order valence-corrected chi connectivity index (χ4v) is 3.74. The van der Waals surface area contributed by atoms with Gasteiger partial charge in [0.25, 0.3) is 5.91 Å². The standard InChI is InChI=1S/C21H23N5O3/c27-19(22-12-17-23-20(28-25-17)15-4-2-1-3-5-15)14-8-6-13(7-9-14)18-24-21(29-26-18)16-10-11-16/h6-9,15-16H,1-5,10-12H2,(H,22,27). The summed E-state index contributed by atoms with van der Waals surface area (Å²) in [6, 6.07) is 7.15. The molecule has 150 valence electrons. The van der Waals surface area contributed by atoms with Gasteiger partial charge >= 0.3 is 0 Å². The van der Waals surface area contributed by atoms with Crippen molar-refractivity contribution in [2.24, 2.45) is 0 Å². The molecule has 3 aromatic rings. The van der Waals surface area contributed by atoms with Gasteiger partial charge in [-0.2, -0.15) is 9.97 Å². The predicted molar refractivity (Wildman–Crippen MR) is 103 cm³/mol. The number of carbonyl (C=O) groups is 1. The number of nitrogens with one attached hydrogen (secondary N) is 1. The Hall–Kier alpha value is -3.03. The van der Waals surface area contributed by atoms with Crippen molar-refractivity contribution in [3.63, 3.8) is 0 Å². The molecule has 2 heterocycles. The summed E-state index contributed by atoms with van der Waals surface area (Å²) in [5.41, 5.74) is 1.38. The summed E-state index contributed by atoms with van der Waals surface area (Å²) in [6.07, 6.45) is 8.13. The van der Waals surface area contributed by atoms with Crippen molar-refractivity contribution in [1.29, 1.82) is 0 Å². The first kappa shape index (κ1) is 18.0. The zero-order valence-corrected chi connectivity index (χ0v) is 16.1. The van der Waals surface area contributed by atoms with Gasteiger partial charge in [0.2, 0.25) is 17.6 Å². The summed E-state index contributed by atoms with van der Waals surface area (Å²) in [7, 11) is 0. The van der Waals surface area contributed by atoms with Crippen molar-refractivity contribution in [2.75, 3.05) is 0 Å². The van der Waals surface area contributed by atoms with Gasteiger partial charge in [-0.25, -0.2) is 0 Å². The molecule has 0 saturated heterocycles. The number of benzene rings is 1. The summed E-state index contributed by atoms with van der Waals surface area (Å²) in [5, 5.41) is 10.9. The van der Waals surface area contributed by atoms with Gasteiger partial charge in [-0.3, -0.25) is 4.79 Å². The minimum Gasteiger partial charge on any atom is -0.345 e. The first-order chi connectivity index (χ1) is 14.3. The number of rotatable bonds is 6. The van der Waals surface area contributed by atoms with E-state index in [4.69, 9.17) is 9.05 Å². The topological polar surface area (TPSA) is 107 Å². The van der Waals surface area contributed by atoms with E-state index in [2.05, 4.69) is 25.6 Å². The Bertz CT molecular complexity index is 984. The Balaban J connectivity index is 1.18. The van der Waals surface area contributed by atoms with Gasteiger partial charge < -0.3 is 14.4 Å². The molecule has 0 aliphatic heterocycles. The Kier molecular flexibility index (Phi) is 4.83. The molecular weight excluding hydrogens is 370 g/mol. The number of amides is 1. The predicted octanol–water partition coefficient (Wildman–Crippen LogP) is 3.97. The molecule has 0 radical (unpaired) electrons. The fraction of sp³-hybridized carbons (Fsp3) is 0.476. The lowest BCUT2D eigenvalue weighted by atomic mass is 9.89. The summed E-state index contributed by atoms with van der Waals surface area (Å²) < 4.78 is 10.7. The van der Waals surface area contributed by atoms with Crippen molar-refractivity contribution in [3.05, 3.63) is 47.4 Å². The highest BCUT2D eigenvalue weighted by Crippen LogP contribution is 2.39. The van der Waals surface area contributed by atoms with E-state index in [-0.39, 0.29) is 12.5 Å². The number of aromatic nitrogens is 4. The minimum atomic E-state index is -0.188. The molecule has 2 aromatic heterocycles. The fourth-order valence-electron chi connectivity index (χ4n) is 3.74. The lowest BCUT2D eigenvalue weighted by Crippen LogP contribution is -2.23. The molecule has 1 aromatic carbocycles. The van der Waals surface area contributed by atoms with Crippen molar-refractivity contribution < 1.29 is 13.8 Å². The van der Waals surface area contributed by atoms with Crippen molar-refractivity contribution in [1.82, 2.24) is 25.6 Å². The highest BCUT2D eigenvalue weighted by atomic mass is 16.5. The molecule has 2 aliphatic carbocycles. The van der Waals surface area contributed by atoms with Crippen LogP contribution in [0.15, 0.2) is 33.3 Å². The van der Waals surface area contributed by atoms with Gasteiger partial charge in [0.05, 0.1) is 6.54 Å². The van der Waals surface area contributed by atoms with E-state index >= 15 is 0 Å². The Morgan fingerprint density at radius 1 is 0.897 bits per heavy atom. The third-order valence-corrected chi connectivity index (χ3v) is 5.62. The maximum Gasteiger partial charge on any atom is 0.251 e. The number of carbonyl (C=O) groups excluding carboxylic acids is 1. The quantitative estimate of drug-likeness (QED) is 0.675. The average molecular weight is 393 g/mol. The van der Waals surface area contributed by atoms with E-state index < -0.39 is 0 Å². The molecule has 1 amide bonds. The van der Waals surface area contributed by atoms with E-state index in [9.17, 15) is 4.79 Å². The van der Waals surface area contributed by atoms with Crippen molar-refractivity contribution >= 4 is 5.91 Å². The lowest BCUT2D eigenvalue weighted by molar-refractivity contribution is 0.0949. The maximum atomic E-state index is 12.4. The molecule has 2 aliphatic rings. The number of hydrogen-bond donors (Lipinski definition) is 1. The van der Waals surface area contributed by atoms with Gasteiger partial charge in [0.1, 0.15) is 0 Å². The summed E-state index contributed by atoms with van der Waals surface area (Å²) in [5.74, 6) is 3.06. The molecule has 2 fully saturated rings. The second-order valence-electron chi connectivity index (χ2n) is 7.87. The highest BCUT2D eigenvalue weighted by molar-refractivity contribution is 5.94. The van der Waals surface area contributed by atoms with Crippen LogP contribution in [0, 0.1) is 0 Å². The first-order valence-corrected chi connectivity index (χ1v) is 10.3. The van der Waals surface area contributed by atoms with Crippen LogP contribution in [0.5, 0.6) is 0 Å². The SMILES string of the molecule is O=C(NCc1noc(C2CCCCC2)n1)c1ccc(-c2noc(C3CC3)n2)cc1. The van der Waals surface area contributed by atoms with E-state index in [1.807, 2.05) is 12.1 Å². The summed E-state index contributed by atoms with van der Waals surface area (Å²) >= 11 is 0. The van der Waals surface area contributed by atoms with Crippen LogP contribution in [0.1, 0.15) is 84.7 Å². The van der Waals surface area contributed by atoms with Crippen LogP contribution in [0.3, 0.4) is 0 Å². The third kappa shape index (κ3) is 4.06. The molecule has 2 saturated carbocycles. The van der Waals surface area contributed by atoms with Gasteiger partial charge in [0.15, 0.2) is 5.82 Å². The van der Waals surface area contributed by atoms with E-state index in [0.29, 0.717) is 40.8 Å². The minimum absolute atomic E-state index is 0.188. The molecule has 0 unspecified atom stereocenters. The lowest BCUT2D eigenvalue weighted by Gasteiger charge is -2.17. The first-order valence-electron chi connectivity index (χ1n) is 10.3. The zero-order valence-electron chi connectivity index (χ0n) is 16.1. The van der Waals surface area contributed by atoms with Gasteiger partial charge in [-0.1, -0.05) is 41.7 Å². The smallest absolute Gasteiger partial charge is 0.251 e. The van der Waals surface area contributed by atoms with Crippen LogP contribution in [-0.4, -0.2) is 26.2 Å². The van der Waals surface area contributed by atoms with Gasteiger partial charge in [-0.05, 0) is 37.8 Å². The number of nitrogens with zero attached hydrogens (tertiary/aromatic N) is 4. The third-order valence-electron chi connectivity index (χ3n) is 5.62. The van der Waals surface area contributed by atoms with E-state index in [0.717, 1.165) is 31.2 Å². The largest absolute Gasteiger partial charge is 0.345 e. The van der Waals surface area contributed by atoms with E-state index in [1.54, 1.807) is 12.1 Å². The molecule has 1 N–H and O–H groups in total. The Morgan fingerprint density at radius 3 is 2.34 bits per heavy atom. The van der Waals surface area contributed by atoms with Crippen LogP contribution in [0.4, 0.5) is 0 Å². The van der Waals surface area contributed by atoms with Crippen molar-refractivity contribution in [3.8, 4) is 11.4 Å². The molecule has 0 bridgehead atoms. The summed E-state index contributed by atoms with van der Waals surface area (Å²) in [4.78, 5) is 21.3. The monoisotopic (exact) mass is 393 g/mol. The molecule has 29 heavy (non-hydrogen) atoms. The molecule has 0 spiro atoms. The summed E-state index contributed by atoms with van der Waals surface area (Å²) in [6.45, 7) is 0.242. The second-order valence-corrected chi connectivity index (χ2v) is 7.87. The zero-order chi connectivity index (χ0) is 19.6.